The Hall–Kier alpha value is -1.81. The second-order valence-electron chi connectivity index (χ2n) is 8.91. The maximum Gasteiger partial charge on any atom is 0.148 e. The molecule has 154 valence electrons. The van der Waals surface area contributed by atoms with Crippen molar-refractivity contribution in [2.24, 2.45) is 11.3 Å². The lowest BCUT2D eigenvalue weighted by atomic mass is 9.83. The van der Waals surface area contributed by atoms with E-state index in [2.05, 4.69) is 68.1 Å². The predicted octanol–water partition coefficient (Wildman–Crippen LogP) is 6.24. The number of nitrogens with one attached hydrogen (secondary N) is 1. The molecule has 1 aromatic carbocycles. The van der Waals surface area contributed by atoms with E-state index in [0.29, 0.717) is 29.4 Å². The van der Waals surface area contributed by atoms with Crippen molar-refractivity contribution in [2.75, 3.05) is 18.5 Å². The topological polar surface area (TPSA) is 47.0 Å². The van der Waals surface area contributed by atoms with Gasteiger partial charge in [-0.1, -0.05) is 51.4 Å². The van der Waals surface area contributed by atoms with E-state index in [0.717, 1.165) is 23.8 Å². The van der Waals surface area contributed by atoms with Crippen LogP contribution in [0.4, 0.5) is 5.82 Å². The number of rotatable bonds is 9. The smallest absolute Gasteiger partial charge is 0.148 e. The molecule has 4 nitrogen and oxygen atoms in total. The van der Waals surface area contributed by atoms with Crippen molar-refractivity contribution >= 4 is 17.4 Å². The molecule has 0 saturated heterocycles. The first-order valence-electron chi connectivity index (χ1n) is 10.1. The highest BCUT2D eigenvalue weighted by Crippen LogP contribution is 2.27. The van der Waals surface area contributed by atoms with E-state index in [1.807, 2.05) is 6.92 Å². The van der Waals surface area contributed by atoms with Gasteiger partial charge in [0.25, 0.3) is 0 Å². The summed E-state index contributed by atoms with van der Waals surface area (Å²) in [7, 11) is 0. The summed E-state index contributed by atoms with van der Waals surface area (Å²) in [5.41, 5.74) is 3.72. The zero-order valence-electron chi connectivity index (χ0n) is 18.1. The minimum absolute atomic E-state index is 0.399. The zero-order chi connectivity index (χ0) is 20.7. The fourth-order valence-electron chi connectivity index (χ4n) is 3.50. The van der Waals surface area contributed by atoms with Crippen LogP contribution in [-0.4, -0.2) is 23.1 Å². The number of hydrogen-bond donors (Lipinski definition) is 1. The van der Waals surface area contributed by atoms with Crippen LogP contribution in [0.2, 0.25) is 5.02 Å². The van der Waals surface area contributed by atoms with Crippen molar-refractivity contribution in [2.45, 2.75) is 60.8 Å². The van der Waals surface area contributed by atoms with E-state index >= 15 is 0 Å². The molecule has 0 fully saturated rings. The van der Waals surface area contributed by atoms with Crippen molar-refractivity contribution in [3.05, 3.63) is 46.4 Å². The largest absolute Gasteiger partial charge is 0.491 e. The number of nitrogens with zero attached hydrogens (tertiary/aromatic N) is 2. The second-order valence-corrected chi connectivity index (χ2v) is 9.28. The molecule has 1 N–H and O–H groups in total. The number of aromatic nitrogens is 2. The van der Waals surface area contributed by atoms with Crippen LogP contribution in [0.3, 0.4) is 0 Å². The Morgan fingerprint density at radius 1 is 1.18 bits per heavy atom. The summed E-state index contributed by atoms with van der Waals surface area (Å²) in [5.74, 6) is 2.31. The van der Waals surface area contributed by atoms with Gasteiger partial charge in [0.2, 0.25) is 0 Å². The van der Waals surface area contributed by atoms with Crippen LogP contribution in [0.5, 0.6) is 5.75 Å². The molecule has 0 aliphatic heterocycles. The van der Waals surface area contributed by atoms with E-state index in [-0.39, 0.29) is 0 Å². The SMILES string of the molecule is Cc1cc(CCC(C)CC(C)(C)C)ccc1OCCNc1ncnc(C)c1Cl. The fraction of sp³-hybridized carbons (Fsp3) is 0.565. The summed E-state index contributed by atoms with van der Waals surface area (Å²) in [5, 5.41) is 3.76. The van der Waals surface area contributed by atoms with Gasteiger partial charge in [0.15, 0.2) is 0 Å². The molecule has 2 rings (SSSR count). The van der Waals surface area contributed by atoms with Crippen LogP contribution in [-0.2, 0) is 6.42 Å². The van der Waals surface area contributed by atoms with Gasteiger partial charge in [0.1, 0.15) is 29.5 Å². The first-order chi connectivity index (χ1) is 13.2. The summed E-state index contributed by atoms with van der Waals surface area (Å²) in [4.78, 5) is 8.22. The van der Waals surface area contributed by atoms with Crippen molar-refractivity contribution < 1.29 is 4.74 Å². The molecule has 0 aliphatic rings. The van der Waals surface area contributed by atoms with Crippen LogP contribution < -0.4 is 10.1 Å². The van der Waals surface area contributed by atoms with Crippen molar-refractivity contribution in [1.29, 1.82) is 0 Å². The van der Waals surface area contributed by atoms with E-state index in [1.54, 1.807) is 0 Å². The molecule has 28 heavy (non-hydrogen) atoms. The molecular weight excluding hydrogens is 370 g/mol. The highest BCUT2D eigenvalue weighted by molar-refractivity contribution is 6.33. The molecule has 0 saturated carbocycles. The lowest BCUT2D eigenvalue weighted by Gasteiger charge is -2.23. The first kappa shape index (κ1) is 22.5. The van der Waals surface area contributed by atoms with Crippen molar-refractivity contribution in [3.63, 3.8) is 0 Å². The third kappa shape index (κ3) is 7.31. The lowest BCUT2D eigenvalue weighted by Crippen LogP contribution is -2.13. The molecule has 0 amide bonds. The maximum absolute atomic E-state index is 6.19. The molecule has 0 spiro atoms. The number of hydrogen-bond acceptors (Lipinski definition) is 4. The van der Waals surface area contributed by atoms with Gasteiger partial charge in [-0.3, -0.25) is 0 Å². The molecule has 0 bridgehead atoms. The van der Waals surface area contributed by atoms with Gasteiger partial charge in [-0.05, 0) is 61.6 Å². The number of aryl methyl sites for hydroxylation is 3. The molecule has 5 heteroatoms. The van der Waals surface area contributed by atoms with Gasteiger partial charge < -0.3 is 10.1 Å². The monoisotopic (exact) mass is 403 g/mol. The number of anilines is 1. The van der Waals surface area contributed by atoms with Crippen LogP contribution in [0.15, 0.2) is 24.5 Å². The Kier molecular flexibility index (Phi) is 8.11. The lowest BCUT2D eigenvalue weighted by molar-refractivity contribution is 0.297. The Balaban J connectivity index is 1.79. The highest BCUT2D eigenvalue weighted by atomic mass is 35.5. The third-order valence-electron chi connectivity index (χ3n) is 4.74. The maximum atomic E-state index is 6.19. The van der Waals surface area contributed by atoms with E-state index in [1.165, 1.54) is 30.3 Å². The Labute approximate surface area is 175 Å². The van der Waals surface area contributed by atoms with Crippen LogP contribution in [0, 0.1) is 25.2 Å². The van der Waals surface area contributed by atoms with E-state index < -0.39 is 0 Å². The number of ether oxygens (including phenoxy) is 1. The van der Waals surface area contributed by atoms with Crippen LogP contribution >= 0.6 is 11.6 Å². The molecule has 2 aromatic rings. The molecule has 1 aromatic heterocycles. The fourth-order valence-corrected chi connectivity index (χ4v) is 3.67. The molecule has 1 heterocycles. The van der Waals surface area contributed by atoms with Gasteiger partial charge >= 0.3 is 0 Å². The van der Waals surface area contributed by atoms with Crippen molar-refractivity contribution in [3.8, 4) is 5.75 Å². The third-order valence-corrected chi connectivity index (χ3v) is 5.19. The summed E-state index contributed by atoms with van der Waals surface area (Å²) in [6.07, 6.45) is 5.11. The van der Waals surface area contributed by atoms with Crippen molar-refractivity contribution in [1.82, 2.24) is 9.97 Å². The quantitative estimate of drug-likeness (QED) is 0.503. The number of benzene rings is 1. The Morgan fingerprint density at radius 3 is 2.61 bits per heavy atom. The van der Waals surface area contributed by atoms with Gasteiger partial charge in [0.05, 0.1) is 12.2 Å². The molecule has 1 atom stereocenters. The van der Waals surface area contributed by atoms with Gasteiger partial charge in [-0.15, -0.1) is 0 Å². The van der Waals surface area contributed by atoms with Gasteiger partial charge in [0, 0.05) is 0 Å². The molecule has 0 aliphatic carbocycles. The van der Waals surface area contributed by atoms with Crippen LogP contribution in [0.1, 0.15) is 57.4 Å². The van der Waals surface area contributed by atoms with Gasteiger partial charge in [-0.25, -0.2) is 9.97 Å². The average molecular weight is 404 g/mol. The zero-order valence-corrected chi connectivity index (χ0v) is 18.9. The molecule has 0 radical (unpaired) electrons. The predicted molar refractivity (Wildman–Crippen MR) is 118 cm³/mol. The minimum atomic E-state index is 0.399. The minimum Gasteiger partial charge on any atom is -0.491 e. The molecular formula is C23H34ClN3O. The van der Waals surface area contributed by atoms with Gasteiger partial charge in [-0.2, -0.15) is 0 Å². The van der Waals surface area contributed by atoms with E-state index in [9.17, 15) is 0 Å². The van der Waals surface area contributed by atoms with Crippen LogP contribution in [0.25, 0.3) is 0 Å². The standard InChI is InChI=1S/C23H34ClN3O/c1-16(14-23(4,5)6)7-8-19-9-10-20(17(2)13-19)28-12-11-25-22-21(24)18(3)26-15-27-22/h9-10,13,15-16H,7-8,11-12,14H2,1-6H3,(H,25,26,27). The summed E-state index contributed by atoms with van der Waals surface area (Å²) < 4.78 is 5.93. The second kappa shape index (κ2) is 10.1. The normalized spacial score (nSPS) is 12.7. The molecule has 1 unspecified atom stereocenters. The summed E-state index contributed by atoms with van der Waals surface area (Å²) in [6.45, 7) is 14.4. The Morgan fingerprint density at radius 2 is 1.93 bits per heavy atom. The average Bonchev–Trinajstić information content (AvgIpc) is 2.60. The highest BCUT2D eigenvalue weighted by Gasteiger charge is 2.15. The van der Waals surface area contributed by atoms with E-state index in [4.69, 9.17) is 16.3 Å². The first-order valence-corrected chi connectivity index (χ1v) is 10.5. The Bertz CT molecular complexity index is 771. The summed E-state index contributed by atoms with van der Waals surface area (Å²) >= 11 is 6.19. The number of halogens is 1. The summed E-state index contributed by atoms with van der Waals surface area (Å²) in [6, 6.07) is 6.52.